The van der Waals surface area contributed by atoms with Gasteiger partial charge in [-0.05, 0) is 38.8 Å². The van der Waals surface area contributed by atoms with Crippen LogP contribution in [-0.2, 0) is 17.9 Å². The molecule has 1 N–H and O–H groups in total. The highest BCUT2D eigenvalue weighted by Gasteiger charge is 2.41. The normalized spacial score (nSPS) is 23.9. The average Bonchev–Trinajstić information content (AvgIpc) is 2.86. The minimum absolute atomic E-state index is 0.552. The van der Waals surface area contributed by atoms with Crippen molar-refractivity contribution in [2.45, 2.75) is 52.6 Å². The highest BCUT2D eigenvalue weighted by molar-refractivity contribution is 5.75. The SMILES string of the molecule is CCCC1(C(=O)O)CCCN(Cc2ccnn2CC)C1. The first kappa shape index (κ1) is 15.0. The summed E-state index contributed by atoms with van der Waals surface area (Å²) in [6.45, 7) is 7.43. The van der Waals surface area contributed by atoms with E-state index in [2.05, 4.69) is 23.8 Å². The molecule has 0 radical (unpaired) electrons. The molecule has 1 atom stereocenters. The number of carbonyl (C=O) groups is 1. The molecule has 0 spiro atoms. The summed E-state index contributed by atoms with van der Waals surface area (Å²) in [6.07, 6.45) is 5.28. The van der Waals surface area contributed by atoms with Gasteiger partial charge in [0.25, 0.3) is 0 Å². The van der Waals surface area contributed by atoms with Gasteiger partial charge in [-0.25, -0.2) is 0 Å². The molecule has 1 fully saturated rings. The molecular weight excluding hydrogens is 254 g/mol. The Balaban J connectivity index is 2.08. The van der Waals surface area contributed by atoms with E-state index in [1.807, 2.05) is 16.9 Å². The molecule has 5 heteroatoms. The van der Waals surface area contributed by atoms with E-state index in [1.165, 1.54) is 5.69 Å². The molecule has 112 valence electrons. The maximum atomic E-state index is 11.7. The second kappa shape index (κ2) is 6.39. The van der Waals surface area contributed by atoms with Gasteiger partial charge in [-0.2, -0.15) is 5.10 Å². The first-order valence-electron chi connectivity index (χ1n) is 7.57. The zero-order valence-electron chi connectivity index (χ0n) is 12.5. The molecule has 1 aromatic rings. The minimum atomic E-state index is -0.631. The molecule has 1 aliphatic rings. The lowest BCUT2D eigenvalue weighted by Gasteiger charge is -2.40. The number of piperidine rings is 1. The van der Waals surface area contributed by atoms with E-state index in [1.54, 1.807) is 0 Å². The van der Waals surface area contributed by atoms with E-state index in [4.69, 9.17) is 0 Å². The van der Waals surface area contributed by atoms with Crippen LogP contribution in [0.25, 0.3) is 0 Å². The standard InChI is InChI=1S/C15H25N3O2/c1-3-7-15(14(19)20)8-5-10-17(12-15)11-13-6-9-16-18(13)4-2/h6,9H,3-5,7-8,10-12H2,1-2H3,(H,19,20). The summed E-state index contributed by atoms with van der Waals surface area (Å²) >= 11 is 0. The Hall–Kier alpha value is -1.36. The van der Waals surface area contributed by atoms with E-state index in [9.17, 15) is 9.90 Å². The highest BCUT2D eigenvalue weighted by Crippen LogP contribution is 2.35. The monoisotopic (exact) mass is 279 g/mol. The molecule has 0 aliphatic carbocycles. The zero-order valence-corrected chi connectivity index (χ0v) is 12.5. The second-order valence-corrected chi connectivity index (χ2v) is 5.79. The van der Waals surface area contributed by atoms with Crippen LogP contribution in [0.15, 0.2) is 12.3 Å². The van der Waals surface area contributed by atoms with Crippen LogP contribution < -0.4 is 0 Å². The van der Waals surface area contributed by atoms with Gasteiger partial charge >= 0.3 is 5.97 Å². The molecular formula is C15H25N3O2. The molecule has 1 saturated heterocycles. The first-order valence-corrected chi connectivity index (χ1v) is 7.57. The van der Waals surface area contributed by atoms with Crippen LogP contribution >= 0.6 is 0 Å². The van der Waals surface area contributed by atoms with Gasteiger partial charge < -0.3 is 5.11 Å². The van der Waals surface area contributed by atoms with E-state index in [0.29, 0.717) is 6.54 Å². The Kier molecular flexibility index (Phi) is 4.81. The molecule has 0 bridgehead atoms. The van der Waals surface area contributed by atoms with Crippen molar-refractivity contribution in [3.8, 4) is 0 Å². The van der Waals surface area contributed by atoms with Gasteiger partial charge in [0.1, 0.15) is 0 Å². The number of aliphatic carboxylic acids is 1. The van der Waals surface area contributed by atoms with E-state index in [0.717, 1.165) is 45.3 Å². The fraction of sp³-hybridized carbons (Fsp3) is 0.733. The van der Waals surface area contributed by atoms with Gasteiger partial charge in [0.2, 0.25) is 0 Å². The maximum Gasteiger partial charge on any atom is 0.310 e. The van der Waals surface area contributed by atoms with Crippen molar-refractivity contribution in [3.05, 3.63) is 18.0 Å². The van der Waals surface area contributed by atoms with Crippen molar-refractivity contribution in [2.75, 3.05) is 13.1 Å². The number of carboxylic acids is 1. The lowest BCUT2D eigenvalue weighted by Crippen LogP contribution is -2.47. The van der Waals surface area contributed by atoms with Crippen LogP contribution in [0.1, 0.15) is 45.2 Å². The third-order valence-corrected chi connectivity index (χ3v) is 4.33. The molecule has 5 nitrogen and oxygen atoms in total. The lowest BCUT2D eigenvalue weighted by molar-refractivity contribution is -0.153. The number of rotatable bonds is 6. The largest absolute Gasteiger partial charge is 0.481 e. The Morgan fingerprint density at radius 1 is 1.50 bits per heavy atom. The lowest BCUT2D eigenvalue weighted by atomic mass is 9.76. The van der Waals surface area contributed by atoms with Crippen molar-refractivity contribution in [2.24, 2.45) is 5.41 Å². The predicted octanol–water partition coefficient (Wildman–Crippen LogP) is 2.37. The van der Waals surface area contributed by atoms with Gasteiger partial charge in [0.15, 0.2) is 0 Å². The molecule has 20 heavy (non-hydrogen) atoms. The van der Waals surface area contributed by atoms with Crippen molar-refractivity contribution in [3.63, 3.8) is 0 Å². The molecule has 0 amide bonds. The third kappa shape index (κ3) is 3.03. The second-order valence-electron chi connectivity index (χ2n) is 5.79. The average molecular weight is 279 g/mol. The number of hydrogen-bond acceptors (Lipinski definition) is 3. The maximum absolute atomic E-state index is 11.7. The Bertz CT molecular complexity index is 454. The number of aromatic nitrogens is 2. The Morgan fingerprint density at radius 3 is 2.95 bits per heavy atom. The summed E-state index contributed by atoms with van der Waals surface area (Å²) in [7, 11) is 0. The van der Waals surface area contributed by atoms with Gasteiger partial charge in [0.05, 0.1) is 11.1 Å². The number of hydrogen-bond donors (Lipinski definition) is 1. The van der Waals surface area contributed by atoms with Crippen molar-refractivity contribution < 1.29 is 9.90 Å². The smallest absolute Gasteiger partial charge is 0.310 e. The molecule has 1 aliphatic heterocycles. The van der Waals surface area contributed by atoms with Crippen LogP contribution in [0.3, 0.4) is 0 Å². The molecule has 0 aromatic carbocycles. The van der Waals surface area contributed by atoms with Crippen LogP contribution in [-0.4, -0.2) is 38.8 Å². The fourth-order valence-corrected chi connectivity index (χ4v) is 3.33. The summed E-state index contributed by atoms with van der Waals surface area (Å²) in [5, 5.41) is 13.9. The summed E-state index contributed by atoms with van der Waals surface area (Å²) < 4.78 is 1.98. The minimum Gasteiger partial charge on any atom is -0.481 e. The summed E-state index contributed by atoms with van der Waals surface area (Å²) in [5.41, 5.74) is 0.620. The first-order chi connectivity index (χ1) is 9.61. The molecule has 2 rings (SSSR count). The van der Waals surface area contributed by atoms with Crippen LogP contribution in [0.4, 0.5) is 0 Å². The van der Waals surface area contributed by atoms with Crippen molar-refractivity contribution in [1.82, 2.24) is 14.7 Å². The van der Waals surface area contributed by atoms with Crippen LogP contribution in [0.5, 0.6) is 0 Å². The van der Waals surface area contributed by atoms with E-state index in [-0.39, 0.29) is 0 Å². The van der Waals surface area contributed by atoms with Crippen LogP contribution in [0, 0.1) is 5.41 Å². The Morgan fingerprint density at radius 2 is 2.30 bits per heavy atom. The zero-order chi connectivity index (χ0) is 14.6. The summed E-state index contributed by atoms with van der Waals surface area (Å²) in [5.74, 6) is -0.631. The molecule has 0 saturated carbocycles. The number of nitrogens with zero attached hydrogens (tertiary/aromatic N) is 3. The quantitative estimate of drug-likeness (QED) is 0.868. The number of likely N-dealkylation sites (tertiary alicyclic amines) is 1. The van der Waals surface area contributed by atoms with Crippen molar-refractivity contribution >= 4 is 5.97 Å². The Labute approximate surface area is 120 Å². The highest BCUT2D eigenvalue weighted by atomic mass is 16.4. The summed E-state index contributed by atoms with van der Waals surface area (Å²) in [4.78, 5) is 14.0. The van der Waals surface area contributed by atoms with Gasteiger partial charge in [0, 0.05) is 25.8 Å². The third-order valence-electron chi connectivity index (χ3n) is 4.33. The van der Waals surface area contributed by atoms with Gasteiger partial charge in [-0.1, -0.05) is 13.3 Å². The van der Waals surface area contributed by atoms with Crippen molar-refractivity contribution in [1.29, 1.82) is 0 Å². The van der Waals surface area contributed by atoms with Gasteiger partial charge in [-0.15, -0.1) is 0 Å². The predicted molar refractivity (Wildman–Crippen MR) is 77.4 cm³/mol. The topological polar surface area (TPSA) is 58.4 Å². The van der Waals surface area contributed by atoms with Gasteiger partial charge in [-0.3, -0.25) is 14.4 Å². The number of carboxylic acid groups (broad SMARTS) is 1. The van der Waals surface area contributed by atoms with E-state index < -0.39 is 11.4 Å². The molecule has 1 unspecified atom stereocenters. The van der Waals surface area contributed by atoms with Crippen LogP contribution in [0.2, 0.25) is 0 Å². The number of aryl methyl sites for hydroxylation is 1. The molecule has 2 heterocycles. The van der Waals surface area contributed by atoms with E-state index >= 15 is 0 Å². The summed E-state index contributed by atoms with van der Waals surface area (Å²) in [6, 6.07) is 2.03. The molecule has 1 aromatic heterocycles. The fourth-order valence-electron chi connectivity index (χ4n) is 3.33.